The van der Waals surface area contributed by atoms with Gasteiger partial charge in [0.1, 0.15) is 11.4 Å². The lowest BCUT2D eigenvalue weighted by Gasteiger charge is -2.16. The van der Waals surface area contributed by atoms with Gasteiger partial charge >= 0.3 is 0 Å². The van der Waals surface area contributed by atoms with Gasteiger partial charge in [-0.2, -0.15) is 0 Å². The van der Waals surface area contributed by atoms with Crippen molar-refractivity contribution in [3.05, 3.63) is 50.1 Å². The van der Waals surface area contributed by atoms with Crippen LogP contribution >= 0.6 is 43.2 Å². The Morgan fingerprint density at radius 2 is 2.05 bits per heavy atom. The van der Waals surface area contributed by atoms with Crippen molar-refractivity contribution in [2.24, 2.45) is 0 Å². The molecular weight excluding hydrogens is 388 g/mol. The third kappa shape index (κ3) is 2.76. The summed E-state index contributed by atoms with van der Waals surface area (Å²) >= 11 is 9.07. The molecule has 4 heteroatoms. The summed E-state index contributed by atoms with van der Waals surface area (Å²) in [6.45, 7) is 4.27. The molecule has 0 saturated heterocycles. The molecule has 1 atom stereocenters. The Labute approximate surface area is 134 Å². The first-order chi connectivity index (χ1) is 8.94. The second-order valence-electron chi connectivity index (χ2n) is 5.41. The van der Waals surface area contributed by atoms with E-state index in [1.54, 1.807) is 11.3 Å². The molecule has 0 saturated carbocycles. The fourth-order valence-electron chi connectivity index (χ4n) is 2.42. The van der Waals surface area contributed by atoms with Gasteiger partial charge in [-0.1, -0.05) is 28.1 Å². The van der Waals surface area contributed by atoms with Gasteiger partial charge in [-0.3, -0.25) is 0 Å². The third-order valence-electron chi connectivity index (χ3n) is 3.22. The van der Waals surface area contributed by atoms with E-state index in [1.165, 1.54) is 16.0 Å². The lowest BCUT2D eigenvalue weighted by atomic mass is 9.99. The number of thiophene rings is 1. The summed E-state index contributed by atoms with van der Waals surface area (Å²) in [5.41, 5.74) is 2.52. The van der Waals surface area contributed by atoms with E-state index in [1.807, 2.05) is 0 Å². The van der Waals surface area contributed by atoms with Gasteiger partial charge in [-0.15, -0.1) is 11.3 Å². The molecule has 2 aromatic rings. The molecule has 0 fully saturated rings. The predicted molar refractivity (Wildman–Crippen MR) is 87.6 cm³/mol. The van der Waals surface area contributed by atoms with E-state index in [9.17, 15) is 0 Å². The van der Waals surface area contributed by atoms with E-state index < -0.39 is 0 Å². The Morgan fingerprint density at radius 3 is 2.74 bits per heavy atom. The van der Waals surface area contributed by atoms with Crippen LogP contribution < -0.4 is 4.74 Å². The maximum absolute atomic E-state index is 5.92. The first-order valence-corrected chi connectivity index (χ1v) is 8.68. The van der Waals surface area contributed by atoms with Crippen molar-refractivity contribution >= 4 is 43.2 Å². The molecule has 0 bridgehead atoms. The third-order valence-corrected chi connectivity index (χ3v) is 6.24. The van der Waals surface area contributed by atoms with E-state index in [2.05, 4.69) is 76.0 Å². The summed E-state index contributed by atoms with van der Waals surface area (Å²) in [6, 6.07) is 10.7. The second-order valence-corrected chi connectivity index (χ2v) is 8.82. The van der Waals surface area contributed by atoms with Gasteiger partial charge in [-0.25, -0.2) is 0 Å². The van der Waals surface area contributed by atoms with Crippen LogP contribution in [0.3, 0.4) is 0 Å². The average Bonchev–Trinajstić information content (AvgIpc) is 2.88. The van der Waals surface area contributed by atoms with E-state index >= 15 is 0 Å². The molecule has 19 heavy (non-hydrogen) atoms. The van der Waals surface area contributed by atoms with Gasteiger partial charge in [0.25, 0.3) is 0 Å². The van der Waals surface area contributed by atoms with Crippen molar-refractivity contribution in [3.8, 4) is 5.75 Å². The maximum atomic E-state index is 5.92. The molecule has 1 aromatic heterocycles. The first kappa shape index (κ1) is 13.7. The van der Waals surface area contributed by atoms with Crippen molar-refractivity contribution in [1.29, 1.82) is 0 Å². The summed E-state index contributed by atoms with van der Waals surface area (Å²) in [7, 11) is 0. The highest BCUT2D eigenvalue weighted by Crippen LogP contribution is 2.41. The number of alkyl halides is 1. The highest BCUT2D eigenvalue weighted by atomic mass is 79.9. The van der Waals surface area contributed by atoms with Gasteiger partial charge < -0.3 is 4.74 Å². The SMILES string of the molecule is CC1(C)Cc2cc(C(Br)c3ccc(Br)s3)ccc2O1. The van der Waals surface area contributed by atoms with Crippen LogP contribution in [0.2, 0.25) is 0 Å². The van der Waals surface area contributed by atoms with Crippen LogP contribution in [-0.4, -0.2) is 5.60 Å². The molecule has 0 aliphatic carbocycles. The molecule has 100 valence electrons. The summed E-state index contributed by atoms with van der Waals surface area (Å²) in [5, 5.41) is 0. The fraction of sp³-hybridized carbons (Fsp3) is 0.333. The summed E-state index contributed by atoms with van der Waals surface area (Å²) < 4.78 is 7.08. The van der Waals surface area contributed by atoms with Crippen molar-refractivity contribution < 1.29 is 4.74 Å². The normalized spacial score (nSPS) is 17.9. The zero-order valence-electron chi connectivity index (χ0n) is 10.7. The highest BCUT2D eigenvalue weighted by Gasteiger charge is 2.30. The Balaban J connectivity index is 1.92. The van der Waals surface area contributed by atoms with Gasteiger partial charge in [0.15, 0.2) is 0 Å². The van der Waals surface area contributed by atoms with E-state index in [-0.39, 0.29) is 10.4 Å². The standard InChI is InChI=1S/C15H14Br2OS/c1-15(2)8-10-7-9(3-4-11(10)18-15)14(17)12-5-6-13(16)19-12/h3-7,14H,8H2,1-2H3. The first-order valence-electron chi connectivity index (χ1n) is 6.16. The Morgan fingerprint density at radius 1 is 1.26 bits per heavy atom. The average molecular weight is 402 g/mol. The van der Waals surface area contributed by atoms with Gasteiger partial charge in [0, 0.05) is 11.3 Å². The van der Waals surface area contributed by atoms with Crippen LogP contribution in [0.25, 0.3) is 0 Å². The molecule has 1 nitrogen and oxygen atoms in total. The van der Waals surface area contributed by atoms with Gasteiger partial charge in [0.05, 0.1) is 8.61 Å². The number of halogens is 2. The molecule has 1 aliphatic heterocycles. The second kappa shape index (κ2) is 4.90. The van der Waals surface area contributed by atoms with Crippen LogP contribution in [0.1, 0.15) is 34.7 Å². The van der Waals surface area contributed by atoms with Gasteiger partial charge in [0.2, 0.25) is 0 Å². The molecule has 0 amide bonds. The monoisotopic (exact) mass is 400 g/mol. The molecule has 0 spiro atoms. The quantitative estimate of drug-likeness (QED) is 0.585. The van der Waals surface area contributed by atoms with Crippen molar-refractivity contribution in [1.82, 2.24) is 0 Å². The zero-order valence-corrected chi connectivity index (χ0v) is 14.7. The molecule has 2 heterocycles. The van der Waals surface area contributed by atoms with Crippen molar-refractivity contribution in [2.75, 3.05) is 0 Å². The number of rotatable bonds is 2. The van der Waals surface area contributed by atoms with Gasteiger partial charge in [-0.05, 0) is 59.1 Å². The molecule has 3 rings (SSSR count). The maximum Gasteiger partial charge on any atom is 0.123 e. The highest BCUT2D eigenvalue weighted by molar-refractivity contribution is 9.11. The zero-order chi connectivity index (χ0) is 13.6. The van der Waals surface area contributed by atoms with Crippen LogP contribution in [0.5, 0.6) is 5.75 Å². The van der Waals surface area contributed by atoms with Crippen LogP contribution in [0.4, 0.5) is 0 Å². The molecular formula is C15H14Br2OS. The van der Waals surface area contributed by atoms with E-state index in [4.69, 9.17) is 4.74 Å². The van der Waals surface area contributed by atoms with E-state index in [0.717, 1.165) is 16.0 Å². The Hall–Kier alpha value is -0.320. The van der Waals surface area contributed by atoms with Crippen LogP contribution in [0, 0.1) is 0 Å². The Bertz CT molecular complexity index is 618. The lowest BCUT2D eigenvalue weighted by Crippen LogP contribution is -2.24. The number of benzene rings is 1. The summed E-state index contributed by atoms with van der Waals surface area (Å²) in [4.78, 5) is 1.56. The molecule has 1 aliphatic rings. The smallest absolute Gasteiger partial charge is 0.123 e. The molecule has 1 unspecified atom stereocenters. The minimum Gasteiger partial charge on any atom is -0.487 e. The number of fused-ring (bicyclic) bond motifs is 1. The van der Waals surface area contributed by atoms with E-state index in [0.29, 0.717) is 0 Å². The van der Waals surface area contributed by atoms with Crippen LogP contribution in [0.15, 0.2) is 34.1 Å². The predicted octanol–water partition coefficient (Wildman–Crippen LogP) is 5.71. The number of ether oxygens (including phenoxy) is 1. The van der Waals surface area contributed by atoms with Crippen molar-refractivity contribution in [3.63, 3.8) is 0 Å². The summed E-state index contributed by atoms with van der Waals surface area (Å²) in [5.74, 6) is 1.03. The Kier molecular flexibility index (Phi) is 3.52. The van der Waals surface area contributed by atoms with Crippen LogP contribution in [-0.2, 0) is 6.42 Å². The topological polar surface area (TPSA) is 9.23 Å². The minimum absolute atomic E-state index is 0.0747. The largest absolute Gasteiger partial charge is 0.487 e. The molecule has 0 radical (unpaired) electrons. The number of hydrogen-bond acceptors (Lipinski definition) is 2. The fourth-order valence-corrected chi connectivity index (χ4v) is 4.56. The molecule has 1 aromatic carbocycles. The lowest BCUT2D eigenvalue weighted by molar-refractivity contribution is 0.138. The summed E-state index contributed by atoms with van der Waals surface area (Å²) in [6.07, 6.45) is 0.976. The molecule has 0 N–H and O–H groups in total. The minimum atomic E-state index is -0.0747. The van der Waals surface area contributed by atoms with Crippen molar-refractivity contribution in [2.45, 2.75) is 30.7 Å². The number of hydrogen-bond donors (Lipinski definition) is 0.